The van der Waals surface area contributed by atoms with E-state index in [0.717, 1.165) is 35.3 Å². The fourth-order valence-electron chi connectivity index (χ4n) is 4.96. The van der Waals surface area contributed by atoms with Crippen LogP contribution in [0, 0.1) is 19.3 Å². The number of carbonyl (C=O) groups is 1. The second-order valence-electron chi connectivity index (χ2n) is 14.0. The largest absolute Gasteiger partial charge is 0.491 e. The molecule has 0 fully saturated rings. The van der Waals surface area contributed by atoms with E-state index in [1.54, 1.807) is 0 Å². The lowest BCUT2D eigenvalue weighted by atomic mass is 9.70. The third-order valence-corrected chi connectivity index (χ3v) is 13.6. The standard InChI is InChI=1S/C35H56O5Si/c1-14-35(15-2,28-17-16-27(25(3)20-28)22-38-24-32(36)37-11)29-18-19-30(26(4)21-29)39-23-31(33(5,6)7)40-41(12,13)34(8,9)10/h16-21,31H,14-15,22-24H2,1-13H3. The molecule has 0 aliphatic rings. The van der Waals surface area contributed by atoms with Gasteiger partial charge in [0.2, 0.25) is 0 Å². The highest BCUT2D eigenvalue weighted by molar-refractivity contribution is 6.74. The zero-order valence-electron chi connectivity index (χ0n) is 28.1. The smallest absolute Gasteiger partial charge is 0.331 e. The molecule has 41 heavy (non-hydrogen) atoms. The van der Waals surface area contributed by atoms with E-state index in [2.05, 4.69) is 123 Å². The molecule has 0 saturated heterocycles. The summed E-state index contributed by atoms with van der Waals surface area (Å²) in [4.78, 5) is 11.4. The van der Waals surface area contributed by atoms with E-state index in [1.165, 1.54) is 18.2 Å². The molecule has 0 heterocycles. The number of carbonyl (C=O) groups excluding carboxylic acids is 1. The Kier molecular flexibility index (Phi) is 11.9. The first-order chi connectivity index (χ1) is 18.9. The lowest BCUT2D eigenvalue weighted by Crippen LogP contribution is -2.49. The van der Waals surface area contributed by atoms with Crippen molar-refractivity contribution in [2.24, 2.45) is 5.41 Å². The van der Waals surface area contributed by atoms with Gasteiger partial charge in [-0.25, -0.2) is 4.79 Å². The molecule has 0 aliphatic heterocycles. The van der Waals surface area contributed by atoms with Crippen LogP contribution >= 0.6 is 0 Å². The van der Waals surface area contributed by atoms with Crippen molar-refractivity contribution in [1.82, 2.24) is 0 Å². The molecule has 0 bridgehead atoms. The van der Waals surface area contributed by atoms with Crippen LogP contribution in [0.25, 0.3) is 0 Å². The van der Waals surface area contributed by atoms with Crippen LogP contribution < -0.4 is 4.74 Å². The molecular formula is C35H56O5Si. The zero-order chi connectivity index (χ0) is 31.2. The van der Waals surface area contributed by atoms with E-state index in [4.69, 9.17) is 13.9 Å². The minimum atomic E-state index is -1.94. The highest BCUT2D eigenvalue weighted by atomic mass is 28.4. The summed E-state index contributed by atoms with van der Waals surface area (Å²) in [6.45, 7) is 27.8. The Labute approximate surface area is 251 Å². The van der Waals surface area contributed by atoms with Gasteiger partial charge < -0.3 is 18.6 Å². The van der Waals surface area contributed by atoms with Crippen LogP contribution in [0.15, 0.2) is 36.4 Å². The molecule has 0 spiro atoms. The lowest BCUT2D eigenvalue weighted by Gasteiger charge is -2.43. The quantitative estimate of drug-likeness (QED) is 0.174. The summed E-state index contributed by atoms with van der Waals surface area (Å²) in [6, 6.07) is 13.3. The maximum atomic E-state index is 11.4. The monoisotopic (exact) mass is 584 g/mol. The molecule has 6 heteroatoms. The van der Waals surface area contributed by atoms with Crippen molar-refractivity contribution in [2.75, 3.05) is 20.3 Å². The summed E-state index contributed by atoms with van der Waals surface area (Å²) in [7, 11) is -0.573. The molecule has 2 aromatic rings. The van der Waals surface area contributed by atoms with Gasteiger partial charge in [-0.05, 0) is 84.1 Å². The summed E-state index contributed by atoms with van der Waals surface area (Å²) in [5.74, 6) is 0.548. The van der Waals surface area contributed by atoms with Crippen molar-refractivity contribution < 1.29 is 23.4 Å². The number of aryl methyl sites for hydroxylation is 2. The van der Waals surface area contributed by atoms with Crippen LogP contribution in [0.5, 0.6) is 5.75 Å². The van der Waals surface area contributed by atoms with Gasteiger partial charge in [0, 0.05) is 5.41 Å². The second-order valence-corrected chi connectivity index (χ2v) is 18.8. The lowest BCUT2D eigenvalue weighted by molar-refractivity contribution is -0.146. The summed E-state index contributed by atoms with van der Waals surface area (Å²) in [6.07, 6.45) is 1.96. The molecule has 2 rings (SSSR count). The predicted octanol–water partition coefficient (Wildman–Crippen LogP) is 8.91. The van der Waals surface area contributed by atoms with Crippen molar-refractivity contribution in [3.05, 3.63) is 64.2 Å². The van der Waals surface area contributed by atoms with Crippen molar-refractivity contribution in [3.63, 3.8) is 0 Å². The molecule has 230 valence electrons. The van der Waals surface area contributed by atoms with E-state index in [9.17, 15) is 4.79 Å². The van der Waals surface area contributed by atoms with Gasteiger partial charge in [-0.1, -0.05) is 85.7 Å². The SMILES string of the molecule is CCC(CC)(c1ccc(COCC(=O)OC)c(C)c1)c1ccc(OCC(O[Si](C)(C)C(C)(C)C)C(C)(C)C)c(C)c1. The molecule has 0 aliphatic carbocycles. The Morgan fingerprint density at radius 2 is 1.44 bits per heavy atom. The number of hydrogen-bond acceptors (Lipinski definition) is 5. The average molecular weight is 585 g/mol. The van der Waals surface area contributed by atoms with Crippen molar-refractivity contribution in [2.45, 2.75) is 118 Å². The normalized spacial score (nSPS) is 13.7. The van der Waals surface area contributed by atoms with Gasteiger partial charge in [0.05, 0.1) is 19.8 Å². The number of ether oxygens (including phenoxy) is 3. The fourth-order valence-corrected chi connectivity index (χ4v) is 6.45. The topological polar surface area (TPSA) is 54.0 Å². The Morgan fingerprint density at radius 1 is 0.878 bits per heavy atom. The van der Waals surface area contributed by atoms with Crippen LogP contribution in [0.1, 0.15) is 96.0 Å². The van der Waals surface area contributed by atoms with Crippen LogP contribution in [-0.2, 0) is 30.7 Å². The second kappa shape index (κ2) is 13.9. The van der Waals surface area contributed by atoms with Gasteiger partial charge in [0.1, 0.15) is 19.0 Å². The Balaban J connectivity index is 2.30. The van der Waals surface area contributed by atoms with Crippen molar-refractivity contribution >= 4 is 14.3 Å². The van der Waals surface area contributed by atoms with Gasteiger partial charge in [-0.2, -0.15) is 0 Å². The van der Waals surface area contributed by atoms with E-state index in [1.807, 2.05) is 0 Å². The summed E-state index contributed by atoms with van der Waals surface area (Å²) < 4.78 is 23.5. The minimum absolute atomic E-state index is 0.00549. The third kappa shape index (κ3) is 8.68. The first-order valence-corrected chi connectivity index (χ1v) is 18.0. The summed E-state index contributed by atoms with van der Waals surface area (Å²) in [5.41, 5.74) is 5.82. The Morgan fingerprint density at radius 3 is 1.90 bits per heavy atom. The minimum Gasteiger partial charge on any atom is -0.491 e. The number of hydrogen-bond donors (Lipinski definition) is 0. The highest BCUT2D eigenvalue weighted by Crippen LogP contribution is 2.42. The molecule has 1 atom stereocenters. The van der Waals surface area contributed by atoms with Gasteiger partial charge in [0.25, 0.3) is 0 Å². The molecule has 2 aromatic carbocycles. The van der Waals surface area contributed by atoms with Crippen molar-refractivity contribution in [3.8, 4) is 5.75 Å². The summed E-state index contributed by atoms with van der Waals surface area (Å²) in [5, 5.41) is 0.143. The molecule has 0 amide bonds. The first kappa shape index (κ1) is 35.0. The predicted molar refractivity (Wildman–Crippen MR) is 172 cm³/mol. The molecule has 0 radical (unpaired) electrons. The maximum Gasteiger partial charge on any atom is 0.331 e. The van der Waals surface area contributed by atoms with Crippen molar-refractivity contribution in [1.29, 1.82) is 0 Å². The highest BCUT2D eigenvalue weighted by Gasteiger charge is 2.42. The number of methoxy groups -OCH3 is 1. The zero-order valence-corrected chi connectivity index (χ0v) is 29.1. The summed E-state index contributed by atoms with van der Waals surface area (Å²) >= 11 is 0. The van der Waals surface area contributed by atoms with E-state index in [-0.39, 0.29) is 34.5 Å². The van der Waals surface area contributed by atoms with Gasteiger partial charge >= 0.3 is 5.97 Å². The molecule has 0 aromatic heterocycles. The third-order valence-electron chi connectivity index (χ3n) is 9.13. The van der Waals surface area contributed by atoms with Gasteiger partial charge in [-0.3, -0.25) is 0 Å². The van der Waals surface area contributed by atoms with E-state index < -0.39 is 8.32 Å². The molecule has 1 unspecified atom stereocenters. The Hall–Kier alpha value is -2.15. The molecule has 5 nitrogen and oxygen atoms in total. The van der Waals surface area contributed by atoms with Crippen LogP contribution in [0.2, 0.25) is 18.1 Å². The molecule has 0 N–H and O–H groups in total. The number of benzene rings is 2. The van der Waals surface area contributed by atoms with Crippen LogP contribution in [0.4, 0.5) is 0 Å². The molecule has 0 saturated carbocycles. The average Bonchev–Trinajstić information content (AvgIpc) is 2.88. The Bertz CT molecular complexity index is 1150. The maximum absolute atomic E-state index is 11.4. The van der Waals surface area contributed by atoms with E-state index >= 15 is 0 Å². The first-order valence-electron chi connectivity index (χ1n) is 15.1. The molecular weight excluding hydrogens is 528 g/mol. The van der Waals surface area contributed by atoms with Gasteiger partial charge in [-0.15, -0.1) is 0 Å². The van der Waals surface area contributed by atoms with E-state index in [0.29, 0.717) is 13.2 Å². The van der Waals surface area contributed by atoms with Gasteiger partial charge in [0.15, 0.2) is 8.32 Å². The fraction of sp³-hybridized carbons (Fsp3) is 0.629. The van der Waals surface area contributed by atoms with Crippen LogP contribution in [0.3, 0.4) is 0 Å². The number of rotatable bonds is 13. The van der Waals surface area contributed by atoms with Crippen LogP contribution in [-0.4, -0.2) is 40.7 Å². The number of esters is 1.